The lowest BCUT2D eigenvalue weighted by atomic mass is 10.1. The molecule has 1 aromatic rings. The van der Waals surface area contributed by atoms with Crippen LogP contribution >= 0.6 is 0 Å². The molecular weight excluding hydrogens is 266 g/mol. The Labute approximate surface area is 125 Å². The lowest BCUT2D eigenvalue weighted by Crippen LogP contribution is -2.43. The van der Waals surface area contributed by atoms with Crippen LogP contribution in [0.25, 0.3) is 0 Å². The largest absolute Gasteiger partial charge is 0.276 e. The number of benzene rings is 1. The van der Waals surface area contributed by atoms with Crippen LogP contribution in [0.5, 0.6) is 0 Å². The third-order valence-corrected chi connectivity index (χ3v) is 4.46. The van der Waals surface area contributed by atoms with Crippen LogP contribution in [-0.4, -0.2) is 39.9 Å². The Bertz CT molecular complexity index is 568. The average Bonchev–Trinajstić information content (AvgIpc) is 2.74. The van der Waals surface area contributed by atoms with E-state index in [0.717, 1.165) is 38.0 Å². The lowest BCUT2D eigenvalue weighted by molar-refractivity contribution is -0.539. The van der Waals surface area contributed by atoms with Crippen LogP contribution in [0.2, 0.25) is 0 Å². The first-order chi connectivity index (χ1) is 10.3. The molecule has 5 heteroatoms. The summed E-state index contributed by atoms with van der Waals surface area (Å²) in [6, 6.07) is 7.12. The maximum absolute atomic E-state index is 11.2. The second-order valence-corrected chi connectivity index (χ2v) is 5.87. The molecule has 0 aliphatic carbocycles. The third kappa shape index (κ3) is 3.06. The van der Waals surface area contributed by atoms with E-state index in [1.807, 2.05) is 12.1 Å². The molecule has 2 aliphatic rings. The first-order valence-electron chi connectivity index (χ1n) is 7.84. The van der Waals surface area contributed by atoms with Crippen LogP contribution in [0.3, 0.4) is 0 Å². The molecular formula is C16H22N3O2+. The van der Waals surface area contributed by atoms with E-state index in [0.29, 0.717) is 6.54 Å². The topological polar surface area (TPSA) is 49.4 Å². The highest BCUT2D eigenvalue weighted by Gasteiger charge is 2.30. The van der Waals surface area contributed by atoms with E-state index in [-0.39, 0.29) is 10.6 Å². The molecule has 0 saturated carbocycles. The van der Waals surface area contributed by atoms with Gasteiger partial charge in [0.15, 0.2) is 0 Å². The zero-order valence-corrected chi connectivity index (χ0v) is 12.3. The molecule has 5 nitrogen and oxygen atoms in total. The molecule has 0 fully saturated rings. The van der Waals surface area contributed by atoms with Gasteiger partial charge in [-0.2, -0.15) is 0 Å². The molecule has 1 aromatic carbocycles. The molecule has 112 valence electrons. The first kappa shape index (κ1) is 14.0. The summed E-state index contributed by atoms with van der Waals surface area (Å²) < 4.78 is 2.49. The van der Waals surface area contributed by atoms with Crippen molar-refractivity contribution in [2.75, 3.05) is 19.6 Å². The van der Waals surface area contributed by atoms with Gasteiger partial charge in [-0.25, -0.2) is 0 Å². The van der Waals surface area contributed by atoms with E-state index in [2.05, 4.69) is 9.48 Å². The minimum atomic E-state index is -0.269. The molecule has 3 rings (SSSR count). The number of hydrogen-bond donors (Lipinski definition) is 0. The van der Waals surface area contributed by atoms with Crippen molar-refractivity contribution in [3.8, 4) is 0 Å². The highest BCUT2D eigenvalue weighted by molar-refractivity contribution is 5.78. The van der Waals surface area contributed by atoms with Crippen molar-refractivity contribution in [2.24, 2.45) is 0 Å². The predicted molar refractivity (Wildman–Crippen MR) is 81.6 cm³/mol. The van der Waals surface area contributed by atoms with Crippen LogP contribution in [0.15, 0.2) is 24.3 Å². The molecule has 21 heavy (non-hydrogen) atoms. The standard InChI is InChI=1S/C16H22N3O2/c20-19(21)15-8-4-3-7-14(15)13-18-12-6-11-17-10-5-1-2-9-16(17)18/h3-4,7-8H,1-2,5-6,9-13H2/q+1. The van der Waals surface area contributed by atoms with Gasteiger partial charge in [-0.3, -0.25) is 19.6 Å². The molecule has 2 heterocycles. The number of nitro groups is 1. The van der Waals surface area contributed by atoms with Gasteiger partial charge in [-0.05, 0) is 25.3 Å². The van der Waals surface area contributed by atoms with Crippen molar-refractivity contribution in [3.63, 3.8) is 0 Å². The zero-order chi connectivity index (χ0) is 14.7. The number of nitro benzene ring substituents is 1. The SMILES string of the molecule is O=[N+]([O-])c1ccccc1CN1CCC[N+]2=C1CCCCC2. The summed E-state index contributed by atoms with van der Waals surface area (Å²) in [4.78, 5) is 13.3. The number of nitrogens with zero attached hydrogens (tertiary/aromatic N) is 3. The summed E-state index contributed by atoms with van der Waals surface area (Å²) in [5, 5.41) is 11.2. The van der Waals surface area contributed by atoms with Crippen LogP contribution in [0, 0.1) is 10.1 Å². The molecule has 0 spiro atoms. The monoisotopic (exact) mass is 288 g/mol. The van der Waals surface area contributed by atoms with Gasteiger partial charge in [-0.15, -0.1) is 0 Å². The Balaban J connectivity index is 1.85. The Morgan fingerprint density at radius 3 is 2.81 bits per heavy atom. The molecule has 0 radical (unpaired) electrons. The molecule has 0 atom stereocenters. The fourth-order valence-corrected chi connectivity index (χ4v) is 3.43. The summed E-state index contributed by atoms with van der Waals surface area (Å²) >= 11 is 0. The fourth-order valence-electron chi connectivity index (χ4n) is 3.43. The molecule has 0 saturated heterocycles. The molecule has 2 aliphatic heterocycles. The molecule has 0 unspecified atom stereocenters. The Morgan fingerprint density at radius 2 is 1.95 bits per heavy atom. The van der Waals surface area contributed by atoms with E-state index < -0.39 is 0 Å². The van der Waals surface area contributed by atoms with E-state index in [1.54, 1.807) is 12.1 Å². The number of rotatable bonds is 3. The normalized spacial score (nSPS) is 19.1. The number of hydrogen-bond acceptors (Lipinski definition) is 3. The average molecular weight is 288 g/mol. The van der Waals surface area contributed by atoms with Gasteiger partial charge in [-0.1, -0.05) is 12.1 Å². The maximum atomic E-state index is 11.2. The van der Waals surface area contributed by atoms with Gasteiger partial charge in [0.1, 0.15) is 6.54 Å². The van der Waals surface area contributed by atoms with Gasteiger partial charge in [0.25, 0.3) is 5.69 Å². The molecule has 0 bridgehead atoms. The Hall–Kier alpha value is -1.91. The molecule has 0 aromatic heterocycles. The zero-order valence-electron chi connectivity index (χ0n) is 12.3. The molecule has 0 N–H and O–H groups in total. The van der Waals surface area contributed by atoms with Crippen LogP contribution in [0.4, 0.5) is 5.69 Å². The van der Waals surface area contributed by atoms with Gasteiger partial charge in [0.2, 0.25) is 5.84 Å². The summed E-state index contributed by atoms with van der Waals surface area (Å²) in [5.41, 5.74) is 1.06. The second kappa shape index (κ2) is 6.24. The highest BCUT2D eigenvalue weighted by Crippen LogP contribution is 2.22. The second-order valence-electron chi connectivity index (χ2n) is 5.87. The number of amidine groups is 1. The summed E-state index contributed by atoms with van der Waals surface area (Å²) in [7, 11) is 0. The van der Waals surface area contributed by atoms with Crippen molar-refractivity contribution in [2.45, 2.75) is 38.6 Å². The van der Waals surface area contributed by atoms with Gasteiger partial charge in [0, 0.05) is 18.9 Å². The van der Waals surface area contributed by atoms with Crippen LogP contribution in [-0.2, 0) is 6.54 Å². The Morgan fingerprint density at radius 1 is 1.14 bits per heavy atom. The first-order valence-corrected chi connectivity index (χ1v) is 7.84. The van der Waals surface area contributed by atoms with E-state index in [4.69, 9.17) is 0 Å². The van der Waals surface area contributed by atoms with E-state index >= 15 is 0 Å². The van der Waals surface area contributed by atoms with Crippen molar-refractivity contribution < 1.29 is 9.50 Å². The van der Waals surface area contributed by atoms with Crippen LogP contribution < -0.4 is 0 Å². The third-order valence-electron chi connectivity index (χ3n) is 4.46. The van der Waals surface area contributed by atoms with E-state index in [1.165, 1.54) is 25.1 Å². The minimum absolute atomic E-state index is 0.240. The van der Waals surface area contributed by atoms with Gasteiger partial charge >= 0.3 is 0 Å². The van der Waals surface area contributed by atoms with Crippen LogP contribution in [0.1, 0.15) is 37.7 Å². The van der Waals surface area contributed by atoms with Crippen molar-refractivity contribution >= 4 is 11.5 Å². The molecule has 0 amide bonds. The maximum Gasteiger partial charge on any atom is 0.276 e. The van der Waals surface area contributed by atoms with Crippen molar-refractivity contribution in [1.82, 2.24) is 4.90 Å². The summed E-state index contributed by atoms with van der Waals surface area (Å²) in [6.07, 6.45) is 6.05. The van der Waals surface area contributed by atoms with Crippen molar-refractivity contribution in [1.29, 1.82) is 0 Å². The summed E-state index contributed by atoms with van der Waals surface area (Å²) in [6.45, 7) is 3.95. The van der Waals surface area contributed by atoms with E-state index in [9.17, 15) is 10.1 Å². The highest BCUT2D eigenvalue weighted by atomic mass is 16.6. The van der Waals surface area contributed by atoms with Crippen molar-refractivity contribution in [3.05, 3.63) is 39.9 Å². The minimum Gasteiger partial charge on any atom is -0.266 e. The predicted octanol–water partition coefficient (Wildman–Crippen LogP) is 2.79. The van der Waals surface area contributed by atoms with Gasteiger partial charge in [0.05, 0.1) is 30.1 Å². The summed E-state index contributed by atoms with van der Waals surface area (Å²) in [5.74, 6) is 1.40. The lowest BCUT2D eigenvalue weighted by Gasteiger charge is -2.26. The fraction of sp³-hybridized carbons (Fsp3) is 0.562. The Kier molecular flexibility index (Phi) is 4.18. The quantitative estimate of drug-likeness (QED) is 0.488. The number of para-hydroxylation sites is 1. The van der Waals surface area contributed by atoms with Gasteiger partial charge < -0.3 is 0 Å². The smallest absolute Gasteiger partial charge is 0.266 e.